The van der Waals surface area contributed by atoms with Crippen molar-refractivity contribution in [3.8, 4) is 33.8 Å². The summed E-state index contributed by atoms with van der Waals surface area (Å²) in [5.41, 5.74) is 5.50. The molecule has 16 nitrogen and oxygen atoms in total. The van der Waals surface area contributed by atoms with Crippen LogP contribution < -0.4 is 21.3 Å². The van der Waals surface area contributed by atoms with Crippen LogP contribution in [0.1, 0.15) is 63.1 Å². The third-order valence-corrected chi connectivity index (χ3v) is 11.4. The van der Waals surface area contributed by atoms with Gasteiger partial charge in [-0.1, -0.05) is 48.5 Å². The van der Waals surface area contributed by atoms with E-state index < -0.39 is 30.3 Å². The smallest absolute Gasteiger partial charge is 0.407 e. The number of benzene rings is 3. The molecule has 4 heterocycles. The van der Waals surface area contributed by atoms with Crippen LogP contribution in [-0.2, 0) is 28.5 Å². The van der Waals surface area contributed by atoms with Crippen LogP contribution in [0.3, 0.4) is 0 Å². The minimum atomic E-state index is -0.746. The number of hydrogen-bond donors (Lipinski definition) is 6. The summed E-state index contributed by atoms with van der Waals surface area (Å²) < 4.78 is 20.5. The van der Waals surface area contributed by atoms with Crippen LogP contribution in [-0.4, -0.2) is 96.7 Å². The van der Waals surface area contributed by atoms with Gasteiger partial charge in [0.05, 0.1) is 50.1 Å². The Kier molecular flexibility index (Phi) is 13.4. The highest BCUT2D eigenvalue weighted by Crippen LogP contribution is 2.30. The van der Waals surface area contributed by atoms with Crippen LogP contribution in [0, 0.1) is 11.8 Å². The molecule has 0 radical (unpaired) electrons. The number of alkyl carbamates (subject to hydrolysis) is 2. The lowest BCUT2D eigenvalue weighted by Gasteiger charge is -2.30. The fourth-order valence-electron chi connectivity index (χ4n) is 7.84. The number of hydrogen-bond acceptors (Lipinski definition) is 10. The number of fused-ring (bicyclic) bond motifs is 1. The molecule has 2 aromatic heterocycles. The zero-order chi connectivity index (χ0) is 42.2. The average molecular weight is 821 g/mol. The lowest BCUT2D eigenvalue weighted by molar-refractivity contribution is -0.126. The molecule has 0 bridgehead atoms. The highest BCUT2D eigenvalue weighted by Gasteiger charge is 2.34. The Morgan fingerprint density at radius 3 is 1.68 bits per heavy atom. The fourth-order valence-corrected chi connectivity index (χ4v) is 7.84. The van der Waals surface area contributed by atoms with Gasteiger partial charge in [0.2, 0.25) is 11.8 Å². The normalized spacial score (nSPS) is 16.9. The summed E-state index contributed by atoms with van der Waals surface area (Å²) in [6.07, 6.45) is 4.81. The highest BCUT2D eigenvalue weighted by molar-refractivity contribution is 5.91. The molecule has 7 rings (SSSR count). The number of nitrogens with one attached hydrogen (secondary N) is 6. The predicted molar refractivity (Wildman–Crippen MR) is 223 cm³/mol. The number of rotatable bonds is 13. The first kappa shape index (κ1) is 41.9. The first-order valence-electron chi connectivity index (χ1n) is 20.3. The highest BCUT2D eigenvalue weighted by atomic mass is 16.5. The molecule has 2 fully saturated rings. The number of imidazole rings is 2. The molecule has 0 unspecified atom stereocenters. The number of aromatic nitrogens is 4. The van der Waals surface area contributed by atoms with E-state index in [0.29, 0.717) is 63.8 Å². The molecule has 2 saturated heterocycles. The Bertz CT molecular complexity index is 2280. The van der Waals surface area contributed by atoms with Crippen LogP contribution in [0.25, 0.3) is 44.5 Å². The number of aromatic amines is 2. The zero-order valence-corrected chi connectivity index (χ0v) is 34.2. The molecule has 0 aliphatic carbocycles. The van der Waals surface area contributed by atoms with E-state index in [2.05, 4.69) is 83.7 Å². The molecule has 316 valence electrons. The average Bonchev–Trinajstić information content (AvgIpc) is 3.99. The molecular weight excluding hydrogens is 769 g/mol. The largest absolute Gasteiger partial charge is 0.453 e. The van der Waals surface area contributed by atoms with Gasteiger partial charge in [-0.25, -0.2) is 19.6 Å². The molecule has 16 heteroatoms. The van der Waals surface area contributed by atoms with Gasteiger partial charge in [0, 0.05) is 37.6 Å². The molecule has 2 aliphatic heterocycles. The van der Waals surface area contributed by atoms with Gasteiger partial charge in [-0.05, 0) is 85.4 Å². The Hall–Kier alpha value is -6.26. The number of H-pyrrole nitrogens is 2. The number of carbonyl (C=O) groups excluding carboxylic acids is 4. The maximum atomic E-state index is 13.4. The van der Waals surface area contributed by atoms with Crippen molar-refractivity contribution >= 4 is 34.8 Å². The molecule has 4 amide bonds. The van der Waals surface area contributed by atoms with Crippen LogP contribution >= 0.6 is 0 Å². The zero-order valence-electron chi connectivity index (χ0n) is 34.2. The Labute approximate surface area is 347 Å². The molecule has 0 saturated carbocycles. The molecule has 0 spiro atoms. The number of amides is 4. The summed E-state index contributed by atoms with van der Waals surface area (Å²) >= 11 is 0. The number of ether oxygens (including phenoxy) is 4. The first-order chi connectivity index (χ1) is 29.1. The van der Waals surface area contributed by atoms with Crippen LogP contribution in [0.5, 0.6) is 0 Å². The van der Waals surface area contributed by atoms with Crippen molar-refractivity contribution < 1.29 is 38.1 Å². The van der Waals surface area contributed by atoms with E-state index in [1.807, 2.05) is 32.0 Å². The maximum absolute atomic E-state index is 13.4. The summed E-state index contributed by atoms with van der Waals surface area (Å²) in [6, 6.07) is 18.4. The van der Waals surface area contributed by atoms with Crippen molar-refractivity contribution in [2.75, 3.05) is 40.6 Å². The molecule has 60 heavy (non-hydrogen) atoms. The van der Waals surface area contributed by atoms with Gasteiger partial charge in [0.25, 0.3) is 0 Å². The van der Waals surface area contributed by atoms with Crippen molar-refractivity contribution in [1.29, 1.82) is 0 Å². The third-order valence-electron chi connectivity index (χ3n) is 11.4. The quantitative estimate of drug-likeness (QED) is 0.0823. The molecular formula is C44H52N8O8. The van der Waals surface area contributed by atoms with Crippen molar-refractivity contribution in [1.82, 2.24) is 41.2 Å². The van der Waals surface area contributed by atoms with Crippen molar-refractivity contribution in [2.45, 2.75) is 63.7 Å². The van der Waals surface area contributed by atoms with Crippen LogP contribution in [0.15, 0.2) is 73.1 Å². The van der Waals surface area contributed by atoms with Gasteiger partial charge in [0.1, 0.15) is 23.7 Å². The second-order valence-electron chi connectivity index (χ2n) is 15.3. The van der Waals surface area contributed by atoms with Gasteiger partial charge >= 0.3 is 12.2 Å². The summed E-state index contributed by atoms with van der Waals surface area (Å²) in [6.45, 7) is 5.87. The molecule has 5 aromatic rings. The Morgan fingerprint density at radius 2 is 1.12 bits per heavy atom. The van der Waals surface area contributed by atoms with E-state index in [1.165, 1.54) is 14.2 Å². The van der Waals surface area contributed by atoms with Gasteiger partial charge < -0.3 is 50.2 Å². The van der Waals surface area contributed by atoms with Crippen molar-refractivity contribution in [3.05, 3.63) is 84.6 Å². The SMILES string of the molecule is COC(=O)N[C@H](C(=O)N[C@@H](C)c1cnc(-c2ccc(-c3ccc4cc(-c5cnc([C@H](C)NC(=O)[C@@H](NC(=O)OC)C6CCOCC6)[nH]5)ccc4c3)cc2)[nH]1)C1CCOCC1. The summed E-state index contributed by atoms with van der Waals surface area (Å²) in [5.74, 6) is 0.553. The van der Waals surface area contributed by atoms with Crippen LogP contribution in [0.4, 0.5) is 9.59 Å². The minimum Gasteiger partial charge on any atom is -0.453 e. The minimum absolute atomic E-state index is 0.0585. The van der Waals surface area contributed by atoms with E-state index in [9.17, 15) is 19.2 Å². The monoisotopic (exact) mass is 820 g/mol. The van der Waals surface area contributed by atoms with Gasteiger partial charge in [-0.15, -0.1) is 0 Å². The van der Waals surface area contributed by atoms with Crippen molar-refractivity contribution in [3.63, 3.8) is 0 Å². The summed E-state index contributed by atoms with van der Waals surface area (Å²) in [5, 5.41) is 13.6. The van der Waals surface area contributed by atoms with Crippen molar-refractivity contribution in [2.24, 2.45) is 11.8 Å². The van der Waals surface area contributed by atoms with E-state index in [1.54, 1.807) is 12.4 Å². The van der Waals surface area contributed by atoms with E-state index in [0.717, 1.165) is 44.4 Å². The predicted octanol–water partition coefficient (Wildman–Crippen LogP) is 5.94. The third kappa shape index (κ3) is 9.94. The van der Waals surface area contributed by atoms with E-state index in [-0.39, 0.29) is 29.7 Å². The topological polar surface area (TPSA) is 211 Å². The molecule has 6 N–H and O–H groups in total. The van der Waals surface area contributed by atoms with Gasteiger partial charge in [-0.2, -0.15) is 0 Å². The molecule has 4 atom stereocenters. The standard InChI is InChI=1S/C44H52N8O8/c1-25(47-41(53)37(51-43(55)57-3)28-13-17-59-18-14-28)35-23-46-40(49-35)30-7-5-27(6-8-30)31-9-10-33-22-34(12-11-32(33)21-31)36-24-45-39(50-36)26(2)48-42(54)38(52-44(56)58-4)29-15-19-60-20-16-29/h5-12,21-26,28-29,37-38H,13-20H2,1-4H3,(H,45,50)(H,46,49)(H,47,53)(H,48,54)(H,51,55)(H,52,56)/t25-,26-,37-,38-/m0/s1. The lowest BCUT2D eigenvalue weighted by atomic mass is 9.91. The number of methoxy groups -OCH3 is 2. The maximum Gasteiger partial charge on any atom is 0.407 e. The Morgan fingerprint density at radius 1 is 0.617 bits per heavy atom. The van der Waals surface area contributed by atoms with E-state index >= 15 is 0 Å². The molecule has 2 aliphatic rings. The van der Waals surface area contributed by atoms with E-state index in [4.69, 9.17) is 18.9 Å². The second-order valence-corrected chi connectivity index (χ2v) is 15.3. The Balaban J connectivity index is 0.975. The summed E-state index contributed by atoms with van der Waals surface area (Å²) in [7, 11) is 2.56. The van der Waals surface area contributed by atoms with Gasteiger partial charge in [0.15, 0.2) is 0 Å². The summed E-state index contributed by atoms with van der Waals surface area (Å²) in [4.78, 5) is 66.7. The number of nitrogens with zero attached hydrogens (tertiary/aromatic N) is 2. The lowest BCUT2D eigenvalue weighted by Crippen LogP contribution is -2.52. The molecule has 3 aromatic carbocycles. The number of carbonyl (C=O) groups is 4. The van der Waals surface area contributed by atoms with Crippen LogP contribution in [0.2, 0.25) is 0 Å². The fraction of sp³-hybridized carbons (Fsp3) is 0.409. The first-order valence-corrected chi connectivity index (χ1v) is 20.3. The van der Waals surface area contributed by atoms with Gasteiger partial charge in [-0.3, -0.25) is 9.59 Å². The second kappa shape index (κ2) is 19.2.